The normalized spacial score (nSPS) is 10.4. The molecule has 19 heavy (non-hydrogen) atoms. The van der Waals surface area contributed by atoms with Crippen LogP contribution in [0.1, 0.15) is 55.8 Å². The second-order valence-electron chi connectivity index (χ2n) is 4.69. The Kier molecular flexibility index (Phi) is 6.93. The molecule has 4 heteroatoms. The van der Waals surface area contributed by atoms with Crippen LogP contribution in [0.25, 0.3) is 0 Å². The maximum Gasteiger partial charge on any atom is 0.338 e. The molecule has 0 atom stereocenters. The summed E-state index contributed by atoms with van der Waals surface area (Å²) < 4.78 is 13.4. The summed E-state index contributed by atoms with van der Waals surface area (Å²) in [4.78, 5) is 10.7. The van der Waals surface area contributed by atoms with Gasteiger partial charge in [-0.3, -0.25) is 0 Å². The van der Waals surface area contributed by atoms with Crippen molar-refractivity contribution in [1.29, 1.82) is 0 Å². The molecular weight excluding hydrogens is 245 g/mol. The van der Waals surface area contributed by atoms with Crippen molar-refractivity contribution in [2.75, 3.05) is 11.9 Å². The molecular formula is C15H22FNO2. The van der Waals surface area contributed by atoms with Gasteiger partial charge in [0.2, 0.25) is 0 Å². The molecule has 0 aliphatic heterocycles. The van der Waals surface area contributed by atoms with Gasteiger partial charge in [0.25, 0.3) is 0 Å². The third-order valence-electron chi connectivity index (χ3n) is 3.06. The van der Waals surface area contributed by atoms with Gasteiger partial charge in [-0.25, -0.2) is 9.18 Å². The number of benzene rings is 1. The van der Waals surface area contributed by atoms with E-state index in [0.717, 1.165) is 13.0 Å². The molecule has 0 fully saturated rings. The molecule has 0 aromatic heterocycles. The molecule has 0 unspecified atom stereocenters. The summed E-state index contributed by atoms with van der Waals surface area (Å²) in [7, 11) is 0. The van der Waals surface area contributed by atoms with E-state index in [2.05, 4.69) is 12.2 Å². The number of anilines is 1. The van der Waals surface area contributed by atoms with Gasteiger partial charge in [-0.05, 0) is 24.6 Å². The summed E-state index contributed by atoms with van der Waals surface area (Å²) in [5.74, 6) is -1.93. The molecule has 0 heterocycles. The molecule has 3 nitrogen and oxygen atoms in total. The largest absolute Gasteiger partial charge is 0.478 e. The number of hydrogen-bond donors (Lipinski definition) is 2. The van der Waals surface area contributed by atoms with Crippen LogP contribution in [0.4, 0.5) is 10.1 Å². The number of halogens is 1. The van der Waals surface area contributed by atoms with Crippen LogP contribution in [-0.4, -0.2) is 17.6 Å². The van der Waals surface area contributed by atoms with Crippen LogP contribution in [-0.2, 0) is 0 Å². The molecule has 0 bridgehead atoms. The third-order valence-corrected chi connectivity index (χ3v) is 3.06. The van der Waals surface area contributed by atoms with Crippen molar-refractivity contribution in [3.8, 4) is 0 Å². The second kappa shape index (κ2) is 8.51. The topological polar surface area (TPSA) is 49.3 Å². The number of nitrogens with one attached hydrogen (secondary N) is 1. The molecule has 1 aromatic rings. The minimum atomic E-state index is -1.24. The van der Waals surface area contributed by atoms with E-state index in [-0.39, 0.29) is 5.56 Å². The Morgan fingerprint density at radius 3 is 2.53 bits per heavy atom. The number of carboxylic acid groups (broad SMARTS) is 1. The highest BCUT2D eigenvalue weighted by molar-refractivity contribution is 5.88. The number of carbonyl (C=O) groups is 1. The Morgan fingerprint density at radius 1 is 1.21 bits per heavy atom. The summed E-state index contributed by atoms with van der Waals surface area (Å²) >= 11 is 0. The highest BCUT2D eigenvalue weighted by atomic mass is 19.1. The summed E-state index contributed by atoms with van der Waals surface area (Å²) in [5, 5.41) is 11.8. The first-order chi connectivity index (χ1) is 9.15. The maximum absolute atomic E-state index is 13.4. The number of unbranched alkanes of at least 4 members (excludes halogenated alkanes) is 5. The highest BCUT2D eigenvalue weighted by Gasteiger charge is 2.09. The zero-order valence-electron chi connectivity index (χ0n) is 11.4. The monoisotopic (exact) mass is 267 g/mol. The van der Waals surface area contributed by atoms with E-state index >= 15 is 0 Å². The van der Waals surface area contributed by atoms with Gasteiger partial charge < -0.3 is 10.4 Å². The SMILES string of the molecule is CCCCCCCCNc1ccc(C(=O)O)c(F)c1. The van der Waals surface area contributed by atoms with Crippen molar-refractivity contribution in [1.82, 2.24) is 0 Å². The fourth-order valence-electron chi connectivity index (χ4n) is 1.94. The van der Waals surface area contributed by atoms with Gasteiger partial charge in [0.15, 0.2) is 0 Å². The first-order valence-electron chi connectivity index (χ1n) is 6.92. The Bertz CT molecular complexity index is 407. The number of rotatable bonds is 9. The molecule has 0 saturated carbocycles. The van der Waals surface area contributed by atoms with Crippen LogP contribution in [0.2, 0.25) is 0 Å². The molecule has 1 rings (SSSR count). The molecule has 0 saturated heterocycles. The summed E-state index contributed by atoms with van der Waals surface area (Å²) in [6, 6.07) is 4.13. The summed E-state index contributed by atoms with van der Waals surface area (Å²) in [5.41, 5.74) is 0.348. The van der Waals surface area contributed by atoms with Gasteiger partial charge in [0.1, 0.15) is 5.82 Å². The van der Waals surface area contributed by atoms with Crippen molar-refractivity contribution >= 4 is 11.7 Å². The van der Waals surface area contributed by atoms with Gasteiger partial charge in [-0.1, -0.05) is 39.0 Å². The minimum absolute atomic E-state index is 0.287. The van der Waals surface area contributed by atoms with Crippen molar-refractivity contribution < 1.29 is 14.3 Å². The van der Waals surface area contributed by atoms with E-state index in [0.29, 0.717) is 5.69 Å². The fourth-order valence-corrected chi connectivity index (χ4v) is 1.94. The van der Waals surface area contributed by atoms with E-state index < -0.39 is 11.8 Å². The van der Waals surface area contributed by atoms with Gasteiger partial charge in [-0.15, -0.1) is 0 Å². The number of hydrogen-bond acceptors (Lipinski definition) is 2. The molecule has 0 spiro atoms. The molecule has 2 N–H and O–H groups in total. The lowest BCUT2D eigenvalue weighted by Gasteiger charge is -2.07. The molecule has 1 aromatic carbocycles. The van der Waals surface area contributed by atoms with Crippen LogP contribution in [0, 0.1) is 5.82 Å². The van der Waals surface area contributed by atoms with Crippen LogP contribution in [0.5, 0.6) is 0 Å². The maximum atomic E-state index is 13.4. The first kappa shape index (κ1) is 15.5. The third kappa shape index (κ3) is 5.73. The molecule has 0 radical (unpaired) electrons. The van der Waals surface area contributed by atoms with Gasteiger partial charge >= 0.3 is 5.97 Å². The summed E-state index contributed by atoms with van der Waals surface area (Å²) in [6.45, 7) is 2.98. The number of aromatic carboxylic acids is 1. The van der Waals surface area contributed by atoms with E-state index in [1.165, 1.54) is 44.2 Å². The average molecular weight is 267 g/mol. The zero-order valence-corrected chi connectivity index (χ0v) is 11.4. The van der Waals surface area contributed by atoms with Crippen molar-refractivity contribution in [2.24, 2.45) is 0 Å². The Hall–Kier alpha value is -1.58. The minimum Gasteiger partial charge on any atom is -0.478 e. The quantitative estimate of drug-likeness (QED) is 0.656. The Balaban J connectivity index is 2.26. The van der Waals surface area contributed by atoms with Gasteiger partial charge in [0.05, 0.1) is 5.56 Å². The van der Waals surface area contributed by atoms with E-state index in [1.807, 2.05) is 0 Å². The van der Waals surface area contributed by atoms with Crippen molar-refractivity contribution in [3.63, 3.8) is 0 Å². The van der Waals surface area contributed by atoms with Crippen LogP contribution in [0.15, 0.2) is 18.2 Å². The van der Waals surface area contributed by atoms with Crippen molar-refractivity contribution in [3.05, 3.63) is 29.6 Å². The average Bonchev–Trinajstić information content (AvgIpc) is 2.37. The molecule has 0 aliphatic rings. The predicted molar refractivity (Wildman–Crippen MR) is 75.2 cm³/mol. The van der Waals surface area contributed by atoms with Gasteiger partial charge in [-0.2, -0.15) is 0 Å². The standard InChI is InChI=1S/C15H22FNO2/c1-2-3-4-5-6-7-10-17-12-8-9-13(15(18)19)14(16)11-12/h8-9,11,17H,2-7,10H2,1H3,(H,18,19). The van der Waals surface area contributed by atoms with Crippen LogP contribution >= 0.6 is 0 Å². The lowest BCUT2D eigenvalue weighted by molar-refractivity contribution is 0.0692. The van der Waals surface area contributed by atoms with Gasteiger partial charge in [0, 0.05) is 12.2 Å². The molecule has 0 aliphatic carbocycles. The van der Waals surface area contributed by atoms with E-state index in [9.17, 15) is 9.18 Å². The van der Waals surface area contributed by atoms with Crippen LogP contribution < -0.4 is 5.32 Å². The molecule has 0 amide bonds. The summed E-state index contributed by atoms with van der Waals surface area (Å²) in [6.07, 6.45) is 7.26. The predicted octanol–water partition coefficient (Wildman–Crippen LogP) is 4.30. The highest BCUT2D eigenvalue weighted by Crippen LogP contribution is 2.15. The Morgan fingerprint density at radius 2 is 1.89 bits per heavy atom. The second-order valence-corrected chi connectivity index (χ2v) is 4.69. The molecule has 106 valence electrons. The van der Waals surface area contributed by atoms with Crippen LogP contribution in [0.3, 0.4) is 0 Å². The Labute approximate surface area is 113 Å². The lowest BCUT2D eigenvalue weighted by atomic mass is 10.1. The van der Waals surface area contributed by atoms with E-state index in [4.69, 9.17) is 5.11 Å². The zero-order chi connectivity index (χ0) is 14.1. The smallest absolute Gasteiger partial charge is 0.338 e. The fraction of sp³-hybridized carbons (Fsp3) is 0.533. The first-order valence-corrected chi connectivity index (χ1v) is 6.92. The lowest BCUT2D eigenvalue weighted by Crippen LogP contribution is -2.04. The van der Waals surface area contributed by atoms with Crippen molar-refractivity contribution in [2.45, 2.75) is 45.4 Å². The number of carboxylic acids is 1. The van der Waals surface area contributed by atoms with E-state index in [1.54, 1.807) is 6.07 Å².